The van der Waals surface area contributed by atoms with Crippen molar-refractivity contribution in [2.24, 2.45) is 0 Å². The Bertz CT molecular complexity index is 457. The monoisotopic (exact) mass is 206 g/mol. The van der Waals surface area contributed by atoms with E-state index in [1.807, 2.05) is 12.1 Å². The summed E-state index contributed by atoms with van der Waals surface area (Å²) < 4.78 is 13.0. The van der Waals surface area contributed by atoms with Crippen LogP contribution in [-0.2, 0) is 0 Å². The highest BCUT2D eigenvalue weighted by Crippen LogP contribution is 2.29. The van der Waals surface area contributed by atoms with E-state index < -0.39 is 0 Å². The molecule has 2 aromatic rings. The van der Waals surface area contributed by atoms with Gasteiger partial charge in [-0.2, -0.15) is 0 Å². The van der Waals surface area contributed by atoms with Crippen LogP contribution >= 0.6 is 11.3 Å². The first-order valence-corrected chi connectivity index (χ1v) is 5.37. The molecule has 0 radical (unpaired) electrons. The molecule has 0 spiro atoms. The molecule has 0 nitrogen and oxygen atoms in total. The van der Waals surface area contributed by atoms with Crippen LogP contribution in [-0.4, -0.2) is 0 Å². The highest BCUT2D eigenvalue weighted by molar-refractivity contribution is 7.13. The van der Waals surface area contributed by atoms with Gasteiger partial charge < -0.3 is 0 Å². The number of thiophene rings is 1. The van der Waals surface area contributed by atoms with Gasteiger partial charge in [0.15, 0.2) is 0 Å². The Morgan fingerprint density at radius 2 is 1.86 bits per heavy atom. The fraction of sp³-hybridized carbons (Fsp3) is 0.167. The summed E-state index contributed by atoms with van der Waals surface area (Å²) in [4.78, 5) is 1.23. The Morgan fingerprint density at radius 3 is 2.43 bits per heavy atom. The molecule has 0 N–H and O–H groups in total. The van der Waals surface area contributed by atoms with Gasteiger partial charge in [0.2, 0.25) is 0 Å². The van der Waals surface area contributed by atoms with Crippen LogP contribution in [0.2, 0.25) is 0 Å². The third kappa shape index (κ3) is 1.58. The molecule has 72 valence electrons. The Morgan fingerprint density at radius 1 is 1.07 bits per heavy atom. The first kappa shape index (κ1) is 9.41. The predicted molar refractivity (Wildman–Crippen MR) is 59.2 cm³/mol. The van der Waals surface area contributed by atoms with Gasteiger partial charge in [0.05, 0.1) is 0 Å². The van der Waals surface area contributed by atoms with E-state index in [4.69, 9.17) is 0 Å². The van der Waals surface area contributed by atoms with Gasteiger partial charge in [-0.05, 0) is 54.1 Å². The molecule has 0 unspecified atom stereocenters. The smallest absolute Gasteiger partial charge is 0.126 e. The highest BCUT2D eigenvalue weighted by Gasteiger charge is 2.05. The average molecular weight is 206 g/mol. The van der Waals surface area contributed by atoms with Crippen molar-refractivity contribution in [3.05, 3.63) is 46.6 Å². The lowest BCUT2D eigenvalue weighted by molar-refractivity contribution is 0.619. The maximum atomic E-state index is 13.0. The zero-order valence-electron chi connectivity index (χ0n) is 8.17. The Hall–Kier alpha value is -1.15. The summed E-state index contributed by atoms with van der Waals surface area (Å²) in [6.07, 6.45) is 0. The summed E-state index contributed by atoms with van der Waals surface area (Å²) in [5.74, 6) is -0.136. The zero-order valence-corrected chi connectivity index (χ0v) is 8.99. The summed E-state index contributed by atoms with van der Waals surface area (Å²) in [5, 5.41) is 2.06. The molecule has 2 heteroatoms. The third-order valence-corrected chi connectivity index (χ3v) is 3.35. The summed E-state index contributed by atoms with van der Waals surface area (Å²) >= 11 is 1.69. The van der Waals surface area contributed by atoms with E-state index in [1.54, 1.807) is 18.3 Å². The molecule has 0 fully saturated rings. The van der Waals surface area contributed by atoms with E-state index in [0.29, 0.717) is 5.56 Å². The van der Waals surface area contributed by atoms with Gasteiger partial charge >= 0.3 is 0 Å². The second kappa shape index (κ2) is 3.54. The van der Waals surface area contributed by atoms with E-state index >= 15 is 0 Å². The van der Waals surface area contributed by atoms with Crippen LogP contribution in [0.4, 0.5) is 4.39 Å². The van der Waals surface area contributed by atoms with Gasteiger partial charge in [-0.15, -0.1) is 11.3 Å². The van der Waals surface area contributed by atoms with Crippen molar-refractivity contribution >= 4 is 11.3 Å². The number of halogens is 1. The van der Waals surface area contributed by atoms with Crippen molar-refractivity contribution in [1.82, 2.24) is 0 Å². The minimum Gasteiger partial charge on any atom is -0.207 e. The number of rotatable bonds is 1. The Kier molecular flexibility index (Phi) is 2.38. The molecule has 0 atom stereocenters. The largest absolute Gasteiger partial charge is 0.207 e. The van der Waals surface area contributed by atoms with Crippen LogP contribution in [0, 0.1) is 19.7 Å². The molecular weight excluding hydrogens is 195 g/mol. The van der Waals surface area contributed by atoms with Crippen molar-refractivity contribution in [2.45, 2.75) is 13.8 Å². The Labute approximate surface area is 87.0 Å². The van der Waals surface area contributed by atoms with Crippen LogP contribution in [0.15, 0.2) is 29.6 Å². The molecule has 0 aliphatic carbocycles. The number of benzene rings is 1. The molecule has 1 heterocycles. The van der Waals surface area contributed by atoms with Crippen molar-refractivity contribution in [3.63, 3.8) is 0 Å². The predicted octanol–water partition coefficient (Wildman–Crippen LogP) is 4.17. The lowest BCUT2D eigenvalue weighted by atomic mass is 10.1. The normalized spacial score (nSPS) is 10.5. The summed E-state index contributed by atoms with van der Waals surface area (Å²) in [5.41, 5.74) is 3.06. The van der Waals surface area contributed by atoms with Gasteiger partial charge in [-0.3, -0.25) is 0 Å². The van der Waals surface area contributed by atoms with Gasteiger partial charge in [-0.1, -0.05) is 6.07 Å². The van der Waals surface area contributed by atoms with E-state index in [0.717, 1.165) is 5.56 Å². The molecule has 0 aliphatic rings. The molecule has 0 aliphatic heterocycles. The maximum absolute atomic E-state index is 13.0. The maximum Gasteiger partial charge on any atom is 0.126 e. The van der Waals surface area contributed by atoms with Crippen molar-refractivity contribution in [3.8, 4) is 10.4 Å². The molecule has 0 amide bonds. The second-order valence-corrected chi connectivity index (χ2v) is 4.31. The highest BCUT2D eigenvalue weighted by atomic mass is 32.1. The quantitative estimate of drug-likeness (QED) is 0.657. The van der Waals surface area contributed by atoms with Gasteiger partial charge in [0.1, 0.15) is 5.82 Å². The number of hydrogen-bond donors (Lipinski definition) is 0. The molecule has 2 rings (SSSR count). The lowest BCUT2D eigenvalue weighted by Gasteiger charge is -2.02. The van der Waals surface area contributed by atoms with Crippen LogP contribution in [0.1, 0.15) is 11.1 Å². The average Bonchev–Trinajstić information content (AvgIpc) is 2.57. The SMILES string of the molecule is Cc1cc(-c2sccc2C)ccc1F. The molecule has 0 saturated carbocycles. The summed E-state index contributed by atoms with van der Waals surface area (Å²) in [6, 6.07) is 7.35. The molecule has 1 aromatic heterocycles. The van der Waals surface area contributed by atoms with E-state index in [1.165, 1.54) is 16.5 Å². The van der Waals surface area contributed by atoms with Crippen molar-refractivity contribution < 1.29 is 4.39 Å². The summed E-state index contributed by atoms with van der Waals surface area (Å²) in [7, 11) is 0. The van der Waals surface area contributed by atoms with Gasteiger partial charge in [0, 0.05) is 4.88 Å². The lowest BCUT2D eigenvalue weighted by Crippen LogP contribution is -1.83. The second-order valence-electron chi connectivity index (χ2n) is 3.40. The molecule has 0 bridgehead atoms. The van der Waals surface area contributed by atoms with E-state index in [-0.39, 0.29) is 5.82 Å². The Balaban J connectivity index is 2.53. The minimum absolute atomic E-state index is 0.136. The van der Waals surface area contributed by atoms with Gasteiger partial charge in [0.25, 0.3) is 0 Å². The first-order chi connectivity index (χ1) is 6.68. The standard InChI is InChI=1S/C12H11FS/c1-8-5-6-14-12(8)10-3-4-11(13)9(2)7-10/h3-7H,1-2H3. The zero-order chi connectivity index (χ0) is 10.1. The molecular formula is C12H11FS. The molecule has 14 heavy (non-hydrogen) atoms. The molecule has 0 saturated heterocycles. The summed E-state index contributed by atoms with van der Waals surface area (Å²) in [6.45, 7) is 3.87. The third-order valence-electron chi connectivity index (χ3n) is 2.28. The fourth-order valence-electron chi connectivity index (χ4n) is 1.45. The van der Waals surface area contributed by atoms with E-state index in [2.05, 4.69) is 18.4 Å². The van der Waals surface area contributed by atoms with E-state index in [9.17, 15) is 4.39 Å². The van der Waals surface area contributed by atoms with Crippen molar-refractivity contribution in [2.75, 3.05) is 0 Å². The number of aryl methyl sites for hydroxylation is 2. The molecule has 1 aromatic carbocycles. The van der Waals surface area contributed by atoms with Crippen LogP contribution in [0.3, 0.4) is 0 Å². The van der Waals surface area contributed by atoms with Crippen molar-refractivity contribution in [1.29, 1.82) is 0 Å². The first-order valence-electron chi connectivity index (χ1n) is 4.49. The van der Waals surface area contributed by atoms with Crippen LogP contribution in [0.25, 0.3) is 10.4 Å². The van der Waals surface area contributed by atoms with Crippen LogP contribution < -0.4 is 0 Å². The number of hydrogen-bond acceptors (Lipinski definition) is 1. The fourth-order valence-corrected chi connectivity index (χ4v) is 2.38. The minimum atomic E-state index is -0.136. The van der Waals surface area contributed by atoms with Gasteiger partial charge in [-0.25, -0.2) is 4.39 Å². The van der Waals surface area contributed by atoms with Crippen LogP contribution in [0.5, 0.6) is 0 Å². The topological polar surface area (TPSA) is 0 Å².